The molecular weight excluding hydrogens is 256 g/mol. The Hall–Kier alpha value is -1.70. The van der Waals surface area contributed by atoms with Crippen LogP contribution in [0.4, 0.5) is 0 Å². The van der Waals surface area contributed by atoms with Crippen molar-refractivity contribution in [2.75, 3.05) is 26.4 Å². The number of carboxylic acid groups (broad SMARTS) is 2. The van der Waals surface area contributed by atoms with E-state index in [1.54, 1.807) is 0 Å². The highest BCUT2D eigenvalue weighted by Gasteiger charge is 2.26. The predicted octanol–water partition coefficient (Wildman–Crippen LogP) is 0.315. The van der Waals surface area contributed by atoms with E-state index in [0.29, 0.717) is 12.2 Å². The fourth-order valence-corrected chi connectivity index (χ4v) is 0.659. The summed E-state index contributed by atoms with van der Waals surface area (Å²) in [5, 5.41) is 15.2. The first kappa shape index (κ1) is 17.3. The van der Waals surface area contributed by atoms with Crippen LogP contribution in [0.1, 0.15) is 0 Å². The molecule has 2 N–H and O–H groups in total. The van der Waals surface area contributed by atoms with Gasteiger partial charge in [-0.05, 0) is 0 Å². The van der Waals surface area contributed by atoms with E-state index >= 15 is 0 Å². The number of rotatable bonds is 6. The Morgan fingerprint density at radius 3 is 1.47 bits per heavy atom. The molecule has 0 amide bonds. The lowest BCUT2D eigenvalue weighted by atomic mass is 10.5. The van der Waals surface area contributed by atoms with Crippen LogP contribution in [0.2, 0.25) is 0 Å². The van der Waals surface area contributed by atoms with Crippen molar-refractivity contribution in [2.24, 2.45) is 0 Å². The van der Waals surface area contributed by atoms with Gasteiger partial charge in [-0.2, -0.15) is 0 Å². The molecule has 0 bridgehead atoms. The average molecular weight is 274 g/mol. The van der Waals surface area contributed by atoms with E-state index in [1.165, 1.54) is 0 Å². The lowest BCUT2D eigenvalue weighted by molar-refractivity contribution is -0.132. The zero-order valence-electron chi connectivity index (χ0n) is 10.5. The van der Waals surface area contributed by atoms with Crippen LogP contribution in [0.25, 0.3) is 0 Å². The maximum atomic E-state index is 9.25. The highest BCUT2D eigenvalue weighted by molar-refractivity contribution is 5.79. The minimum Gasteiger partial charge on any atom is -0.478 e. The van der Waals surface area contributed by atoms with Crippen molar-refractivity contribution in [1.29, 1.82) is 0 Å². The fourth-order valence-electron chi connectivity index (χ4n) is 0.659. The summed E-state index contributed by atoms with van der Waals surface area (Å²) in [6.45, 7) is 9.18. The SMILES string of the molecule is C(OCC1CO1)C1CO1.C=CC(=O)O.C=CC(=O)O. The molecule has 7 nitrogen and oxygen atoms in total. The second-order valence-electron chi connectivity index (χ2n) is 3.53. The zero-order valence-corrected chi connectivity index (χ0v) is 10.5. The molecule has 19 heavy (non-hydrogen) atoms. The number of carboxylic acids is 2. The van der Waals surface area contributed by atoms with Crippen LogP contribution in [0.5, 0.6) is 0 Å². The van der Waals surface area contributed by atoms with Crippen molar-refractivity contribution in [3.8, 4) is 0 Å². The third-order valence-corrected chi connectivity index (χ3v) is 1.76. The van der Waals surface area contributed by atoms with Crippen LogP contribution in [0.3, 0.4) is 0 Å². The molecule has 2 aliphatic heterocycles. The van der Waals surface area contributed by atoms with Crippen LogP contribution in [-0.4, -0.2) is 60.8 Å². The molecule has 0 saturated carbocycles. The summed E-state index contributed by atoms with van der Waals surface area (Å²) in [6, 6.07) is 0. The van der Waals surface area contributed by atoms with E-state index in [2.05, 4.69) is 13.2 Å². The molecule has 2 fully saturated rings. The van der Waals surface area contributed by atoms with E-state index in [1.807, 2.05) is 0 Å². The van der Waals surface area contributed by atoms with Gasteiger partial charge >= 0.3 is 11.9 Å². The van der Waals surface area contributed by atoms with Crippen molar-refractivity contribution in [1.82, 2.24) is 0 Å². The quantitative estimate of drug-likeness (QED) is 0.530. The maximum Gasteiger partial charge on any atom is 0.327 e. The van der Waals surface area contributed by atoms with E-state index in [9.17, 15) is 9.59 Å². The number of aliphatic carboxylic acids is 2. The van der Waals surface area contributed by atoms with Gasteiger partial charge in [0.2, 0.25) is 0 Å². The summed E-state index contributed by atoms with van der Waals surface area (Å²) >= 11 is 0. The van der Waals surface area contributed by atoms with Crippen molar-refractivity contribution < 1.29 is 34.0 Å². The third-order valence-electron chi connectivity index (χ3n) is 1.76. The molecule has 2 rings (SSSR count). The molecule has 7 heteroatoms. The van der Waals surface area contributed by atoms with Gasteiger partial charge in [0.15, 0.2) is 0 Å². The fraction of sp³-hybridized carbons (Fsp3) is 0.500. The molecule has 2 heterocycles. The number of epoxide rings is 2. The van der Waals surface area contributed by atoms with Gasteiger partial charge in [0.05, 0.1) is 26.4 Å². The molecule has 0 aromatic rings. The summed E-state index contributed by atoms with van der Waals surface area (Å²) in [7, 11) is 0. The lowest BCUT2D eigenvalue weighted by Crippen LogP contribution is -2.06. The van der Waals surface area contributed by atoms with Crippen molar-refractivity contribution in [3.63, 3.8) is 0 Å². The Morgan fingerprint density at radius 2 is 1.32 bits per heavy atom. The van der Waals surface area contributed by atoms with E-state index in [4.69, 9.17) is 24.4 Å². The monoisotopic (exact) mass is 274 g/mol. The lowest BCUT2D eigenvalue weighted by Gasteiger charge is -1.95. The first-order chi connectivity index (χ1) is 8.99. The minimum atomic E-state index is -0.981. The van der Waals surface area contributed by atoms with Gasteiger partial charge in [-0.1, -0.05) is 13.2 Å². The molecular formula is C12H18O7. The second kappa shape index (κ2) is 10.2. The van der Waals surface area contributed by atoms with Gasteiger partial charge < -0.3 is 24.4 Å². The van der Waals surface area contributed by atoms with Crippen LogP contribution in [0, 0.1) is 0 Å². The highest BCUT2D eigenvalue weighted by Crippen LogP contribution is 2.12. The van der Waals surface area contributed by atoms with Crippen LogP contribution >= 0.6 is 0 Å². The van der Waals surface area contributed by atoms with Crippen molar-refractivity contribution >= 4 is 11.9 Å². The van der Waals surface area contributed by atoms with Crippen molar-refractivity contribution in [2.45, 2.75) is 12.2 Å². The summed E-state index contributed by atoms with van der Waals surface area (Å²) < 4.78 is 15.1. The summed E-state index contributed by atoms with van der Waals surface area (Å²) in [4.78, 5) is 18.5. The molecule has 0 aromatic carbocycles. The smallest absolute Gasteiger partial charge is 0.327 e. The van der Waals surface area contributed by atoms with E-state index in [-0.39, 0.29) is 0 Å². The largest absolute Gasteiger partial charge is 0.478 e. The number of ether oxygens (including phenoxy) is 3. The molecule has 0 aromatic heterocycles. The highest BCUT2D eigenvalue weighted by atomic mass is 16.6. The normalized spacial score (nSPS) is 21.7. The van der Waals surface area contributed by atoms with Crippen LogP contribution in [0.15, 0.2) is 25.3 Å². The van der Waals surface area contributed by atoms with Gasteiger partial charge in [-0.15, -0.1) is 0 Å². The number of carbonyl (C=O) groups is 2. The Kier molecular flexibility index (Phi) is 9.33. The first-order valence-electron chi connectivity index (χ1n) is 5.51. The van der Waals surface area contributed by atoms with Gasteiger partial charge in [-0.25, -0.2) is 9.59 Å². The van der Waals surface area contributed by atoms with Crippen molar-refractivity contribution in [3.05, 3.63) is 25.3 Å². The molecule has 0 aliphatic carbocycles. The molecule has 0 spiro atoms. The Labute approximate surface area is 111 Å². The van der Waals surface area contributed by atoms with Gasteiger partial charge in [0.25, 0.3) is 0 Å². The molecule has 2 saturated heterocycles. The van der Waals surface area contributed by atoms with E-state index < -0.39 is 11.9 Å². The molecule has 2 atom stereocenters. The zero-order chi connectivity index (χ0) is 14.7. The Morgan fingerprint density at radius 1 is 1.05 bits per heavy atom. The average Bonchev–Trinajstić information content (AvgIpc) is 3.25. The second-order valence-corrected chi connectivity index (χ2v) is 3.53. The van der Waals surface area contributed by atoms with Gasteiger partial charge in [0.1, 0.15) is 12.2 Å². The van der Waals surface area contributed by atoms with Crippen LogP contribution < -0.4 is 0 Å². The summed E-state index contributed by atoms with van der Waals surface area (Å²) in [5.41, 5.74) is 0. The van der Waals surface area contributed by atoms with E-state index in [0.717, 1.165) is 38.6 Å². The Balaban J connectivity index is 0.000000283. The molecule has 2 aliphatic rings. The predicted molar refractivity (Wildman–Crippen MR) is 66.0 cm³/mol. The standard InChI is InChI=1S/C6H10O3.2C3H4O2/c1(5-3-8-5)7-2-6-4-9-6;2*1-2-3(4)5/h5-6H,1-4H2;2*2H,1H2,(H,4,5). The topological polar surface area (TPSA) is 109 Å². The minimum absolute atomic E-state index is 0.392. The van der Waals surface area contributed by atoms with Crippen LogP contribution in [-0.2, 0) is 23.8 Å². The molecule has 108 valence electrons. The first-order valence-corrected chi connectivity index (χ1v) is 5.51. The molecule has 2 unspecified atom stereocenters. The number of hydrogen-bond donors (Lipinski definition) is 2. The third kappa shape index (κ3) is 16.3. The maximum absolute atomic E-state index is 9.25. The molecule has 0 radical (unpaired) electrons. The van der Waals surface area contributed by atoms with Gasteiger partial charge in [0, 0.05) is 12.2 Å². The summed E-state index contributed by atoms with van der Waals surface area (Å²) in [5.74, 6) is -1.96. The van der Waals surface area contributed by atoms with Gasteiger partial charge in [-0.3, -0.25) is 0 Å². The number of hydrogen-bond acceptors (Lipinski definition) is 5. The Bertz CT molecular complexity index is 275. The summed E-state index contributed by atoms with van der Waals surface area (Å²) in [6.07, 6.45) is 2.45.